The van der Waals surface area contributed by atoms with Gasteiger partial charge in [0, 0.05) is 18.0 Å². The van der Waals surface area contributed by atoms with Crippen molar-refractivity contribution in [2.75, 3.05) is 5.73 Å². The number of nitrogen functional groups attached to an aromatic ring is 1. The molecule has 0 radical (unpaired) electrons. The number of hydrogen-bond acceptors (Lipinski definition) is 6. The quantitative estimate of drug-likeness (QED) is 0.0902. The van der Waals surface area contributed by atoms with E-state index in [0.29, 0.717) is 5.69 Å². The molecule has 1 aromatic carbocycles. The van der Waals surface area contributed by atoms with Crippen LogP contribution in [0.25, 0.3) is 0 Å². The number of nitrogens with two attached hydrogens (primary N) is 1. The maximum atomic E-state index is 12.4. The molecule has 6 nitrogen and oxygen atoms in total. The molecule has 0 spiro atoms. The van der Waals surface area contributed by atoms with E-state index >= 15 is 0 Å². The Morgan fingerprint density at radius 2 is 1.19 bits per heavy atom. The van der Waals surface area contributed by atoms with Gasteiger partial charge in [-0.3, -0.25) is 4.79 Å². The van der Waals surface area contributed by atoms with Gasteiger partial charge in [0.05, 0.1) is 5.56 Å². The fourth-order valence-electron chi connectivity index (χ4n) is 4.07. The topological polar surface area (TPSA) is 95.7 Å². The molecule has 1 atom stereocenters. The molecule has 0 aliphatic carbocycles. The number of carbonyl (C=O) groups is 3. The lowest BCUT2D eigenvalue weighted by Gasteiger charge is -2.19. The van der Waals surface area contributed by atoms with E-state index in [-0.39, 0.29) is 17.9 Å². The molecule has 204 valence electrons. The first-order valence-corrected chi connectivity index (χ1v) is 14.0. The Balaban J connectivity index is 2.12. The molecule has 0 aromatic heterocycles. The molecule has 0 bridgehead atoms. The van der Waals surface area contributed by atoms with Crippen LogP contribution in [0.2, 0.25) is 0 Å². The Kier molecular flexibility index (Phi) is 16.6. The molecule has 0 aliphatic heterocycles. The minimum Gasteiger partial charge on any atom is -0.450 e. The first-order valence-electron chi connectivity index (χ1n) is 14.0. The lowest BCUT2D eigenvalue weighted by molar-refractivity contribution is -0.167. The van der Waals surface area contributed by atoms with Crippen molar-refractivity contribution in [1.82, 2.24) is 0 Å². The zero-order chi connectivity index (χ0) is 26.8. The van der Waals surface area contributed by atoms with E-state index in [2.05, 4.69) is 13.8 Å². The summed E-state index contributed by atoms with van der Waals surface area (Å²) in [4.78, 5) is 36.9. The van der Waals surface area contributed by atoms with Gasteiger partial charge in [-0.15, -0.1) is 0 Å². The van der Waals surface area contributed by atoms with Gasteiger partial charge in [0.15, 0.2) is 0 Å². The zero-order valence-electron chi connectivity index (χ0n) is 23.1. The first kappa shape index (κ1) is 31.7. The van der Waals surface area contributed by atoms with Gasteiger partial charge in [-0.25, -0.2) is 9.59 Å². The van der Waals surface area contributed by atoms with E-state index in [4.69, 9.17) is 15.2 Å². The van der Waals surface area contributed by atoms with E-state index in [1.807, 2.05) is 0 Å². The molecule has 6 heteroatoms. The van der Waals surface area contributed by atoms with Crippen molar-refractivity contribution in [1.29, 1.82) is 0 Å². The van der Waals surface area contributed by atoms with Crippen LogP contribution in [-0.4, -0.2) is 24.0 Å². The number of anilines is 1. The third-order valence-electron chi connectivity index (χ3n) is 6.35. The third-order valence-corrected chi connectivity index (χ3v) is 6.35. The van der Waals surface area contributed by atoms with Gasteiger partial charge in [-0.1, -0.05) is 105 Å². The van der Waals surface area contributed by atoms with Crippen LogP contribution in [0.15, 0.2) is 24.3 Å². The van der Waals surface area contributed by atoms with Crippen molar-refractivity contribution in [3.05, 3.63) is 29.8 Å². The summed E-state index contributed by atoms with van der Waals surface area (Å²) in [7, 11) is 0. The molecule has 2 N–H and O–H groups in total. The van der Waals surface area contributed by atoms with Crippen molar-refractivity contribution < 1.29 is 23.9 Å². The summed E-state index contributed by atoms with van der Waals surface area (Å²) in [6, 6.07) is 6.07. The zero-order valence-corrected chi connectivity index (χ0v) is 23.1. The van der Waals surface area contributed by atoms with Crippen LogP contribution in [0.5, 0.6) is 0 Å². The molecule has 1 rings (SSSR count). The standard InChI is InChI=1S/C30H49NO5/c1-23(2)17-15-13-11-9-7-5-6-8-10-12-14-16-18-27(32)35-28(24(3)4)30(34)36-29(33)25-19-21-26(31)22-20-25/h19-24,28H,5-18,31H2,1-4H3. The van der Waals surface area contributed by atoms with Crippen molar-refractivity contribution in [2.24, 2.45) is 11.8 Å². The van der Waals surface area contributed by atoms with Crippen LogP contribution in [0.4, 0.5) is 5.69 Å². The van der Waals surface area contributed by atoms with E-state index in [9.17, 15) is 14.4 Å². The summed E-state index contributed by atoms with van der Waals surface area (Å²) in [5.74, 6) is -1.55. The summed E-state index contributed by atoms with van der Waals surface area (Å²) in [6.07, 6.45) is 15.2. The lowest BCUT2D eigenvalue weighted by atomic mass is 10.0. The molecule has 1 unspecified atom stereocenters. The summed E-state index contributed by atoms with van der Waals surface area (Å²) in [5.41, 5.74) is 6.33. The summed E-state index contributed by atoms with van der Waals surface area (Å²) < 4.78 is 10.3. The van der Waals surface area contributed by atoms with Crippen LogP contribution < -0.4 is 5.73 Å². The number of carbonyl (C=O) groups excluding carboxylic acids is 3. The SMILES string of the molecule is CC(C)CCCCCCCCCCCCCCC(=O)OC(C(=O)OC(=O)c1ccc(N)cc1)C(C)C. The monoisotopic (exact) mass is 503 g/mol. The normalized spacial score (nSPS) is 12.1. The molecular formula is C30H49NO5. The van der Waals surface area contributed by atoms with E-state index in [1.165, 1.54) is 76.3 Å². The maximum Gasteiger partial charge on any atom is 0.355 e. The second-order valence-corrected chi connectivity index (χ2v) is 10.7. The average molecular weight is 504 g/mol. The van der Waals surface area contributed by atoms with Crippen LogP contribution >= 0.6 is 0 Å². The molecular weight excluding hydrogens is 454 g/mol. The van der Waals surface area contributed by atoms with Gasteiger partial charge in [0.25, 0.3) is 0 Å². The van der Waals surface area contributed by atoms with Crippen LogP contribution in [0.1, 0.15) is 128 Å². The van der Waals surface area contributed by atoms with E-state index in [0.717, 1.165) is 25.2 Å². The molecule has 0 fully saturated rings. The third kappa shape index (κ3) is 14.9. The highest BCUT2D eigenvalue weighted by Gasteiger charge is 2.30. The fraction of sp³-hybridized carbons (Fsp3) is 0.700. The van der Waals surface area contributed by atoms with Crippen LogP contribution in [0, 0.1) is 11.8 Å². The highest BCUT2D eigenvalue weighted by Crippen LogP contribution is 2.16. The number of ether oxygens (including phenoxy) is 2. The average Bonchev–Trinajstić information content (AvgIpc) is 2.82. The molecule has 1 aromatic rings. The highest BCUT2D eigenvalue weighted by atomic mass is 16.6. The van der Waals surface area contributed by atoms with Gasteiger partial charge >= 0.3 is 17.9 Å². The number of rotatable bonds is 19. The van der Waals surface area contributed by atoms with Crippen molar-refractivity contribution in [3.63, 3.8) is 0 Å². The molecule has 0 saturated heterocycles. The Labute approximate surface area is 218 Å². The number of esters is 3. The van der Waals surface area contributed by atoms with Crippen molar-refractivity contribution >= 4 is 23.6 Å². The second kappa shape index (κ2) is 18.8. The van der Waals surface area contributed by atoms with Crippen molar-refractivity contribution in [2.45, 2.75) is 124 Å². The molecule has 0 aliphatic rings. The number of unbranched alkanes of at least 4 members (excludes halogenated alkanes) is 11. The second-order valence-electron chi connectivity index (χ2n) is 10.7. The van der Waals surface area contributed by atoms with Crippen LogP contribution in [-0.2, 0) is 19.1 Å². The summed E-state index contributed by atoms with van der Waals surface area (Å²) in [5, 5.41) is 0. The lowest BCUT2D eigenvalue weighted by Crippen LogP contribution is -2.35. The van der Waals surface area contributed by atoms with E-state index in [1.54, 1.807) is 26.0 Å². The van der Waals surface area contributed by atoms with Gasteiger partial charge in [0.2, 0.25) is 6.10 Å². The molecule has 0 saturated carbocycles. The summed E-state index contributed by atoms with van der Waals surface area (Å²) >= 11 is 0. The Bertz CT molecular complexity index is 757. The van der Waals surface area contributed by atoms with E-state index < -0.39 is 24.0 Å². The van der Waals surface area contributed by atoms with Gasteiger partial charge in [-0.05, 0) is 36.6 Å². The summed E-state index contributed by atoms with van der Waals surface area (Å²) in [6.45, 7) is 8.09. The predicted molar refractivity (Wildman–Crippen MR) is 145 cm³/mol. The Morgan fingerprint density at radius 1 is 0.722 bits per heavy atom. The largest absolute Gasteiger partial charge is 0.450 e. The first-order chi connectivity index (χ1) is 17.2. The molecule has 0 heterocycles. The minimum atomic E-state index is -1.11. The Morgan fingerprint density at radius 3 is 1.67 bits per heavy atom. The smallest absolute Gasteiger partial charge is 0.355 e. The number of hydrogen-bond donors (Lipinski definition) is 1. The maximum absolute atomic E-state index is 12.4. The predicted octanol–water partition coefficient (Wildman–Crippen LogP) is 7.64. The molecule has 36 heavy (non-hydrogen) atoms. The van der Waals surface area contributed by atoms with Gasteiger partial charge in [-0.2, -0.15) is 0 Å². The molecule has 0 amide bonds. The minimum absolute atomic E-state index is 0.212. The fourth-order valence-corrected chi connectivity index (χ4v) is 4.07. The van der Waals surface area contributed by atoms with Crippen LogP contribution in [0.3, 0.4) is 0 Å². The van der Waals surface area contributed by atoms with Gasteiger partial charge < -0.3 is 15.2 Å². The highest BCUT2D eigenvalue weighted by molar-refractivity contribution is 5.98. The Hall–Kier alpha value is -2.37. The van der Waals surface area contributed by atoms with Gasteiger partial charge in [0.1, 0.15) is 0 Å². The number of benzene rings is 1. The van der Waals surface area contributed by atoms with Crippen molar-refractivity contribution in [3.8, 4) is 0 Å².